The predicted molar refractivity (Wildman–Crippen MR) is 85.4 cm³/mol. The highest BCUT2D eigenvalue weighted by Crippen LogP contribution is 2.29. The summed E-state index contributed by atoms with van der Waals surface area (Å²) in [5.41, 5.74) is 1.77. The maximum Gasteiger partial charge on any atom is 0.255 e. The van der Waals surface area contributed by atoms with Crippen molar-refractivity contribution < 1.29 is 9.59 Å². The second-order valence-electron chi connectivity index (χ2n) is 6.80. The first-order valence-corrected chi connectivity index (χ1v) is 8.20. The molecular formula is C18H24N2O2. The Hall–Kier alpha value is -1.84. The zero-order valence-corrected chi connectivity index (χ0v) is 13.6. The zero-order valence-electron chi connectivity index (χ0n) is 13.6. The molecule has 118 valence electrons. The van der Waals surface area contributed by atoms with Gasteiger partial charge in [0.25, 0.3) is 5.91 Å². The van der Waals surface area contributed by atoms with Crippen molar-refractivity contribution in [1.82, 2.24) is 9.80 Å². The fraction of sp³-hybridized carbons (Fsp3) is 0.556. The molecule has 0 aromatic heterocycles. The normalized spacial score (nSPS) is 22.4. The SMILES string of the molecule is CC(C)C(C(=O)N1CCCC1C)N1Cc2ccccc2C1=O. The smallest absolute Gasteiger partial charge is 0.255 e. The molecule has 2 unspecified atom stereocenters. The van der Waals surface area contributed by atoms with Crippen molar-refractivity contribution in [2.45, 2.75) is 52.2 Å². The molecule has 0 radical (unpaired) electrons. The average molecular weight is 300 g/mol. The average Bonchev–Trinajstić information content (AvgIpc) is 3.04. The van der Waals surface area contributed by atoms with Crippen molar-refractivity contribution in [2.24, 2.45) is 5.92 Å². The van der Waals surface area contributed by atoms with Gasteiger partial charge in [-0.15, -0.1) is 0 Å². The minimum Gasteiger partial charge on any atom is -0.338 e. The molecule has 0 saturated carbocycles. The Balaban J connectivity index is 1.87. The maximum absolute atomic E-state index is 13.0. The number of carbonyl (C=O) groups excluding carboxylic acids is 2. The number of rotatable bonds is 3. The first-order chi connectivity index (χ1) is 10.5. The van der Waals surface area contributed by atoms with Crippen molar-refractivity contribution in [2.75, 3.05) is 6.54 Å². The van der Waals surface area contributed by atoms with Crippen LogP contribution >= 0.6 is 0 Å². The van der Waals surface area contributed by atoms with Crippen LogP contribution in [0, 0.1) is 5.92 Å². The summed E-state index contributed by atoms with van der Waals surface area (Å²) in [5.74, 6) is 0.217. The molecule has 0 spiro atoms. The molecule has 0 bridgehead atoms. The molecule has 4 heteroatoms. The van der Waals surface area contributed by atoms with Crippen LogP contribution in [0.25, 0.3) is 0 Å². The minimum atomic E-state index is -0.361. The van der Waals surface area contributed by atoms with E-state index in [9.17, 15) is 9.59 Å². The van der Waals surface area contributed by atoms with Crippen LogP contribution < -0.4 is 0 Å². The summed E-state index contributed by atoms with van der Waals surface area (Å²) >= 11 is 0. The molecule has 4 nitrogen and oxygen atoms in total. The van der Waals surface area contributed by atoms with E-state index >= 15 is 0 Å². The molecule has 2 aliphatic rings. The highest BCUT2D eigenvalue weighted by molar-refractivity contribution is 6.01. The van der Waals surface area contributed by atoms with Gasteiger partial charge in [-0.25, -0.2) is 0 Å². The predicted octanol–water partition coefficient (Wildman–Crippen LogP) is 2.68. The van der Waals surface area contributed by atoms with Crippen molar-refractivity contribution in [1.29, 1.82) is 0 Å². The van der Waals surface area contributed by atoms with E-state index in [1.807, 2.05) is 43.0 Å². The molecule has 2 atom stereocenters. The number of amides is 2. The molecule has 22 heavy (non-hydrogen) atoms. The molecule has 2 heterocycles. The largest absolute Gasteiger partial charge is 0.338 e. The Morgan fingerprint density at radius 1 is 1.27 bits per heavy atom. The van der Waals surface area contributed by atoms with E-state index in [0.29, 0.717) is 6.54 Å². The van der Waals surface area contributed by atoms with Gasteiger partial charge in [0, 0.05) is 24.7 Å². The number of likely N-dealkylation sites (tertiary alicyclic amines) is 1. The monoisotopic (exact) mass is 300 g/mol. The van der Waals surface area contributed by atoms with Gasteiger partial charge in [-0.1, -0.05) is 32.0 Å². The number of hydrogen-bond acceptors (Lipinski definition) is 2. The first kappa shape index (κ1) is 15.1. The number of fused-ring (bicyclic) bond motifs is 1. The Morgan fingerprint density at radius 3 is 2.59 bits per heavy atom. The van der Waals surface area contributed by atoms with Crippen LogP contribution in [-0.4, -0.2) is 40.2 Å². The van der Waals surface area contributed by atoms with Crippen LogP contribution in [0.2, 0.25) is 0 Å². The summed E-state index contributed by atoms with van der Waals surface area (Å²) in [6, 6.07) is 7.60. The summed E-state index contributed by atoms with van der Waals surface area (Å²) in [6.45, 7) is 7.52. The van der Waals surface area contributed by atoms with Gasteiger partial charge in [0.2, 0.25) is 5.91 Å². The fourth-order valence-corrected chi connectivity index (χ4v) is 3.71. The second kappa shape index (κ2) is 5.75. The lowest BCUT2D eigenvalue weighted by atomic mass is 10.0. The van der Waals surface area contributed by atoms with Crippen molar-refractivity contribution >= 4 is 11.8 Å². The molecular weight excluding hydrogens is 276 g/mol. The standard InChI is InChI=1S/C18H24N2O2/c1-12(2)16(18(22)19-10-6-7-13(19)3)20-11-14-8-4-5-9-15(14)17(20)21/h4-5,8-9,12-13,16H,6-7,10-11H2,1-3H3. The fourth-order valence-electron chi connectivity index (χ4n) is 3.71. The third-order valence-electron chi connectivity index (χ3n) is 4.91. The van der Waals surface area contributed by atoms with E-state index in [1.165, 1.54) is 0 Å². The Labute approximate surface area is 132 Å². The Kier molecular flexibility index (Phi) is 3.94. The molecule has 1 saturated heterocycles. The highest BCUT2D eigenvalue weighted by Gasteiger charge is 2.41. The molecule has 1 aromatic rings. The van der Waals surface area contributed by atoms with Crippen LogP contribution in [0.5, 0.6) is 0 Å². The molecule has 2 amide bonds. The van der Waals surface area contributed by atoms with Gasteiger partial charge in [0.15, 0.2) is 0 Å². The van der Waals surface area contributed by atoms with Gasteiger partial charge in [-0.2, -0.15) is 0 Å². The summed E-state index contributed by atoms with van der Waals surface area (Å²) in [7, 11) is 0. The van der Waals surface area contributed by atoms with Crippen LogP contribution in [0.3, 0.4) is 0 Å². The van der Waals surface area contributed by atoms with E-state index < -0.39 is 0 Å². The van der Waals surface area contributed by atoms with Gasteiger partial charge in [0.1, 0.15) is 6.04 Å². The summed E-state index contributed by atoms with van der Waals surface area (Å²) in [5, 5.41) is 0. The Morgan fingerprint density at radius 2 is 2.00 bits per heavy atom. The lowest BCUT2D eigenvalue weighted by molar-refractivity contribution is -0.138. The number of benzene rings is 1. The first-order valence-electron chi connectivity index (χ1n) is 8.20. The Bertz CT molecular complexity index is 597. The van der Waals surface area contributed by atoms with Gasteiger partial charge in [-0.3, -0.25) is 9.59 Å². The highest BCUT2D eigenvalue weighted by atomic mass is 16.2. The van der Waals surface area contributed by atoms with E-state index in [-0.39, 0.29) is 29.8 Å². The van der Waals surface area contributed by atoms with Gasteiger partial charge in [-0.05, 0) is 37.3 Å². The molecule has 0 N–H and O–H groups in total. The quantitative estimate of drug-likeness (QED) is 0.861. The zero-order chi connectivity index (χ0) is 15.9. The molecule has 2 aliphatic heterocycles. The van der Waals surface area contributed by atoms with Crippen LogP contribution in [-0.2, 0) is 11.3 Å². The van der Waals surface area contributed by atoms with E-state index in [0.717, 1.165) is 30.5 Å². The van der Waals surface area contributed by atoms with Crippen LogP contribution in [0.4, 0.5) is 0 Å². The number of hydrogen-bond donors (Lipinski definition) is 0. The minimum absolute atomic E-state index is 0.00509. The van der Waals surface area contributed by atoms with E-state index in [4.69, 9.17) is 0 Å². The van der Waals surface area contributed by atoms with Gasteiger partial charge >= 0.3 is 0 Å². The van der Waals surface area contributed by atoms with E-state index in [2.05, 4.69) is 6.92 Å². The number of carbonyl (C=O) groups is 2. The van der Waals surface area contributed by atoms with Crippen LogP contribution in [0.15, 0.2) is 24.3 Å². The summed E-state index contributed by atoms with van der Waals surface area (Å²) in [6.07, 6.45) is 2.12. The van der Waals surface area contributed by atoms with Crippen LogP contribution in [0.1, 0.15) is 49.5 Å². The summed E-state index contributed by atoms with van der Waals surface area (Å²) < 4.78 is 0. The lowest BCUT2D eigenvalue weighted by Crippen LogP contribution is -2.52. The molecule has 3 rings (SSSR count). The van der Waals surface area contributed by atoms with Gasteiger partial charge < -0.3 is 9.80 Å². The van der Waals surface area contributed by atoms with Crippen molar-refractivity contribution in [3.8, 4) is 0 Å². The molecule has 1 aromatic carbocycles. The molecule has 1 fully saturated rings. The third-order valence-corrected chi connectivity index (χ3v) is 4.91. The number of nitrogens with zero attached hydrogens (tertiary/aromatic N) is 2. The topological polar surface area (TPSA) is 40.6 Å². The van der Waals surface area contributed by atoms with Crippen molar-refractivity contribution in [3.63, 3.8) is 0 Å². The van der Waals surface area contributed by atoms with Crippen molar-refractivity contribution in [3.05, 3.63) is 35.4 Å². The van der Waals surface area contributed by atoms with Gasteiger partial charge in [0.05, 0.1) is 0 Å². The summed E-state index contributed by atoms with van der Waals surface area (Å²) in [4.78, 5) is 29.4. The van der Waals surface area contributed by atoms with E-state index in [1.54, 1.807) is 4.90 Å². The second-order valence-corrected chi connectivity index (χ2v) is 6.80. The maximum atomic E-state index is 13.0. The third kappa shape index (κ3) is 2.40. The lowest BCUT2D eigenvalue weighted by Gasteiger charge is -2.34. The molecule has 0 aliphatic carbocycles.